The zero-order valence-electron chi connectivity index (χ0n) is 9.21. The highest BCUT2D eigenvalue weighted by atomic mass is 16.3. The van der Waals surface area contributed by atoms with Gasteiger partial charge in [0, 0.05) is 18.5 Å². The van der Waals surface area contributed by atoms with Gasteiger partial charge in [-0.05, 0) is 26.7 Å². The van der Waals surface area contributed by atoms with Gasteiger partial charge in [-0.25, -0.2) is 5.43 Å². The van der Waals surface area contributed by atoms with Crippen LogP contribution in [0.5, 0.6) is 0 Å². The molecule has 1 fully saturated rings. The van der Waals surface area contributed by atoms with Crippen LogP contribution in [0, 0.1) is 0 Å². The van der Waals surface area contributed by atoms with E-state index in [9.17, 15) is 4.79 Å². The Labute approximate surface area is 85.3 Å². The molecule has 4 nitrogen and oxygen atoms in total. The van der Waals surface area contributed by atoms with Gasteiger partial charge >= 0.3 is 0 Å². The van der Waals surface area contributed by atoms with Crippen LogP contribution in [0.4, 0.5) is 0 Å². The highest BCUT2D eigenvalue weighted by Crippen LogP contribution is 2.22. The molecule has 1 amide bonds. The van der Waals surface area contributed by atoms with Crippen molar-refractivity contribution in [2.45, 2.75) is 51.7 Å². The summed E-state index contributed by atoms with van der Waals surface area (Å²) in [5.41, 5.74) is 3.11. The molecular weight excluding hydrogens is 180 g/mol. The fourth-order valence-electron chi connectivity index (χ4n) is 1.56. The Morgan fingerprint density at radius 3 is 2.79 bits per heavy atom. The zero-order valence-corrected chi connectivity index (χ0v) is 9.21. The SMILES string of the molecule is CCC1(C)CC(=O)N(CCC(C)O)N1. The summed E-state index contributed by atoms with van der Waals surface area (Å²) in [5.74, 6) is 0.134. The van der Waals surface area contributed by atoms with Crippen LogP contribution in [0.1, 0.15) is 40.0 Å². The van der Waals surface area contributed by atoms with Crippen LogP contribution in [-0.2, 0) is 4.79 Å². The van der Waals surface area contributed by atoms with Gasteiger partial charge in [-0.2, -0.15) is 0 Å². The summed E-state index contributed by atoms with van der Waals surface area (Å²) in [4.78, 5) is 11.5. The first kappa shape index (κ1) is 11.5. The number of aliphatic hydroxyl groups is 1. The van der Waals surface area contributed by atoms with E-state index in [2.05, 4.69) is 12.3 Å². The number of amides is 1. The number of carbonyl (C=O) groups excluding carboxylic acids is 1. The normalized spacial score (nSPS) is 29.7. The van der Waals surface area contributed by atoms with Gasteiger partial charge < -0.3 is 5.11 Å². The van der Waals surface area contributed by atoms with Gasteiger partial charge in [0.1, 0.15) is 0 Å². The van der Waals surface area contributed by atoms with E-state index in [1.807, 2.05) is 6.92 Å². The van der Waals surface area contributed by atoms with E-state index in [0.29, 0.717) is 19.4 Å². The van der Waals surface area contributed by atoms with Crippen LogP contribution in [0.15, 0.2) is 0 Å². The van der Waals surface area contributed by atoms with Crippen LogP contribution in [0.3, 0.4) is 0 Å². The Bertz CT molecular complexity index is 218. The Balaban J connectivity index is 2.45. The van der Waals surface area contributed by atoms with Crippen LogP contribution in [-0.4, -0.2) is 34.2 Å². The highest BCUT2D eigenvalue weighted by Gasteiger charge is 2.37. The molecule has 82 valence electrons. The summed E-state index contributed by atoms with van der Waals surface area (Å²) in [7, 11) is 0. The maximum atomic E-state index is 11.5. The lowest BCUT2D eigenvalue weighted by Crippen LogP contribution is -2.44. The van der Waals surface area contributed by atoms with Gasteiger partial charge in [-0.3, -0.25) is 9.80 Å². The lowest BCUT2D eigenvalue weighted by molar-refractivity contribution is -0.129. The number of rotatable bonds is 4. The summed E-state index contributed by atoms with van der Waals surface area (Å²) in [6, 6.07) is 0. The molecule has 1 aliphatic rings. The molecule has 1 saturated heterocycles. The van der Waals surface area contributed by atoms with E-state index in [1.165, 1.54) is 0 Å². The first-order valence-electron chi connectivity index (χ1n) is 5.23. The molecule has 0 aromatic heterocycles. The molecule has 0 saturated carbocycles. The first-order chi connectivity index (χ1) is 6.47. The summed E-state index contributed by atoms with van der Waals surface area (Å²) in [5, 5.41) is 10.8. The highest BCUT2D eigenvalue weighted by molar-refractivity contribution is 5.79. The molecule has 0 bridgehead atoms. The van der Waals surface area contributed by atoms with Crippen LogP contribution in [0.25, 0.3) is 0 Å². The van der Waals surface area contributed by atoms with E-state index < -0.39 is 0 Å². The predicted molar refractivity (Wildman–Crippen MR) is 54.5 cm³/mol. The maximum absolute atomic E-state index is 11.5. The summed E-state index contributed by atoms with van der Waals surface area (Å²) in [6.45, 7) is 6.44. The maximum Gasteiger partial charge on any atom is 0.238 e. The smallest absolute Gasteiger partial charge is 0.238 e. The minimum Gasteiger partial charge on any atom is -0.393 e. The minimum absolute atomic E-state index is 0.0875. The lowest BCUT2D eigenvalue weighted by atomic mass is 9.97. The Morgan fingerprint density at radius 2 is 2.36 bits per heavy atom. The first-order valence-corrected chi connectivity index (χ1v) is 5.23. The molecule has 2 N–H and O–H groups in total. The second-order valence-electron chi connectivity index (χ2n) is 4.39. The standard InChI is InChI=1S/C10H20N2O2/c1-4-10(3)7-9(14)12(11-10)6-5-8(2)13/h8,11,13H,4-7H2,1-3H3. The summed E-state index contributed by atoms with van der Waals surface area (Å²) in [6.07, 6.45) is 1.77. The van der Waals surface area contributed by atoms with Gasteiger partial charge in [0.2, 0.25) is 5.91 Å². The molecule has 2 unspecified atom stereocenters. The zero-order chi connectivity index (χ0) is 10.8. The third-order valence-electron chi connectivity index (χ3n) is 2.80. The van der Waals surface area contributed by atoms with Crippen molar-refractivity contribution in [3.05, 3.63) is 0 Å². The fraction of sp³-hybridized carbons (Fsp3) is 0.900. The minimum atomic E-state index is -0.349. The Morgan fingerprint density at radius 1 is 1.71 bits per heavy atom. The van der Waals surface area contributed by atoms with Gasteiger partial charge in [0.25, 0.3) is 0 Å². The van der Waals surface area contributed by atoms with Crippen molar-refractivity contribution in [1.82, 2.24) is 10.4 Å². The molecule has 2 atom stereocenters. The number of hydrazine groups is 1. The van der Waals surface area contributed by atoms with Gasteiger partial charge in [-0.15, -0.1) is 0 Å². The lowest BCUT2D eigenvalue weighted by Gasteiger charge is -2.24. The van der Waals surface area contributed by atoms with E-state index in [-0.39, 0.29) is 17.6 Å². The van der Waals surface area contributed by atoms with Crippen molar-refractivity contribution in [3.63, 3.8) is 0 Å². The summed E-state index contributed by atoms with van der Waals surface area (Å²) >= 11 is 0. The van der Waals surface area contributed by atoms with Crippen molar-refractivity contribution in [1.29, 1.82) is 0 Å². The Kier molecular flexibility index (Phi) is 3.50. The molecule has 14 heavy (non-hydrogen) atoms. The molecule has 0 aromatic carbocycles. The second kappa shape index (κ2) is 4.28. The number of nitrogens with zero attached hydrogens (tertiary/aromatic N) is 1. The molecule has 0 aliphatic carbocycles. The third kappa shape index (κ3) is 2.69. The average molecular weight is 200 g/mol. The topological polar surface area (TPSA) is 52.6 Å². The average Bonchev–Trinajstić information content (AvgIpc) is 2.39. The van der Waals surface area contributed by atoms with Crippen molar-refractivity contribution >= 4 is 5.91 Å². The predicted octanol–water partition coefficient (Wildman–Crippen LogP) is 0.663. The second-order valence-corrected chi connectivity index (χ2v) is 4.39. The summed E-state index contributed by atoms with van der Waals surface area (Å²) < 4.78 is 0. The fourth-order valence-corrected chi connectivity index (χ4v) is 1.56. The van der Waals surface area contributed by atoms with Crippen molar-refractivity contribution < 1.29 is 9.90 Å². The van der Waals surface area contributed by atoms with E-state index in [0.717, 1.165) is 6.42 Å². The van der Waals surface area contributed by atoms with Crippen molar-refractivity contribution in [2.75, 3.05) is 6.54 Å². The van der Waals surface area contributed by atoms with Gasteiger partial charge in [-0.1, -0.05) is 6.92 Å². The van der Waals surface area contributed by atoms with Crippen molar-refractivity contribution in [3.8, 4) is 0 Å². The van der Waals surface area contributed by atoms with E-state index in [4.69, 9.17) is 5.11 Å². The number of aliphatic hydroxyl groups excluding tert-OH is 1. The number of hydrogen-bond donors (Lipinski definition) is 2. The number of carbonyl (C=O) groups is 1. The Hall–Kier alpha value is -0.610. The van der Waals surface area contributed by atoms with Crippen molar-refractivity contribution in [2.24, 2.45) is 0 Å². The van der Waals surface area contributed by atoms with Gasteiger partial charge in [0.15, 0.2) is 0 Å². The molecule has 4 heteroatoms. The number of hydrogen-bond acceptors (Lipinski definition) is 3. The van der Waals surface area contributed by atoms with Crippen LogP contribution < -0.4 is 5.43 Å². The molecule has 0 radical (unpaired) electrons. The molecule has 0 spiro atoms. The molecule has 1 aliphatic heterocycles. The van der Waals surface area contributed by atoms with Gasteiger partial charge in [0.05, 0.1) is 6.10 Å². The quantitative estimate of drug-likeness (QED) is 0.701. The van der Waals surface area contributed by atoms with E-state index in [1.54, 1.807) is 11.9 Å². The molecular formula is C10H20N2O2. The molecule has 1 heterocycles. The third-order valence-corrected chi connectivity index (χ3v) is 2.80. The monoisotopic (exact) mass is 200 g/mol. The molecule has 1 rings (SSSR count). The van der Waals surface area contributed by atoms with E-state index >= 15 is 0 Å². The molecule has 0 aromatic rings. The van der Waals surface area contributed by atoms with Crippen LogP contribution in [0.2, 0.25) is 0 Å². The largest absolute Gasteiger partial charge is 0.393 e. The number of nitrogens with one attached hydrogen (secondary N) is 1. The van der Waals surface area contributed by atoms with Crippen LogP contribution >= 0.6 is 0 Å².